The third kappa shape index (κ3) is 5.25. The number of hydrogen-bond donors (Lipinski definition) is 2. The van der Waals surface area contributed by atoms with E-state index in [0.717, 1.165) is 16.9 Å². The first kappa shape index (κ1) is 25.1. The number of nitro benzene ring substituents is 1. The predicted octanol–water partition coefficient (Wildman–Crippen LogP) is 5.56. The normalized spacial score (nSPS) is 16.8. The first-order valence-corrected chi connectivity index (χ1v) is 12.5. The number of benzene rings is 2. The number of aromatic nitrogens is 1. The van der Waals surface area contributed by atoms with Crippen molar-refractivity contribution in [1.29, 1.82) is 0 Å². The number of amides is 1. The van der Waals surface area contributed by atoms with Gasteiger partial charge in [0.15, 0.2) is 5.11 Å². The van der Waals surface area contributed by atoms with Crippen LogP contribution in [0.3, 0.4) is 0 Å². The topological polar surface area (TPSA) is 114 Å². The molecule has 0 bridgehead atoms. The van der Waals surface area contributed by atoms with E-state index in [-0.39, 0.29) is 24.1 Å². The second-order valence-corrected chi connectivity index (χ2v) is 9.35. The second-order valence-electron chi connectivity index (χ2n) is 8.96. The van der Waals surface area contributed by atoms with E-state index < -0.39 is 11.0 Å². The number of nitrogens with one attached hydrogen (secondary N) is 2. The van der Waals surface area contributed by atoms with Gasteiger partial charge in [-0.1, -0.05) is 35.9 Å². The molecule has 1 aliphatic rings. The van der Waals surface area contributed by atoms with Gasteiger partial charge in [0.1, 0.15) is 17.6 Å². The minimum absolute atomic E-state index is 0.0422. The average Bonchev–Trinajstić information content (AvgIpc) is 3.53. The fourth-order valence-corrected chi connectivity index (χ4v) is 4.87. The molecule has 4 aromatic rings. The van der Waals surface area contributed by atoms with Crippen molar-refractivity contribution >= 4 is 34.6 Å². The molecule has 1 amide bonds. The van der Waals surface area contributed by atoms with Crippen LogP contribution in [0.5, 0.6) is 0 Å². The maximum atomic E-state index is 12.7. The van der Waals surface area contributed by atoms with Gasteiger partial charge < -0.3 is 20.0 Å². The summed E-state index contributed by atoms with van der Waals surface area (Å²) in [7, 11) is 0. The minimum Gasteiger partial charge on any atom is -0.459 e. The van der Waals surface area contributed by atoms with Crippen LogP contribution in [0.15, 0.2) is 89.5 Å². The van der Waals surface area contributed by atoms with Crippen LogP contribution in [0.2, 0.25) is 0 Å². The molecule has 0 unspecified atom stereocenters. The summed E-state index contributed by atoms with van der Waals surface area (Å²) in [4.78, 5) is 30.3. The standard InChI is InChI=1S/C28H25N5O4S/c1-18-9-11-19(12-10-18)30-25(34)15-17-32-27(26(31-28(32)38)21-7-4-5-16-29-21)24-14-13-23(37-24)20-6-2-3-8-22(20)33(35)36/h2-14,16,26-27H,15,17H2,1H3,(H,30,34)(H,31,38)/t26-,27-/m1/s1. The molecule has 2 aromatic carbocycles. The molecular weight excluding hydrogens is 502 g/mol. The zero-order valence-electron chi connectivity index (χ0n) is 20.5. The Bertz CT molecular complexity index is 1470. The minimum atomic E-state index is -0.431. The number of nitrogens with zero attached hydrogens (tertiary/aromatic N) is 3. The highest BCUT2D eigenvalue weighted by Crippen LogP contribution is 2.41. The molecule has 1 fully saturated rings. The molecule has 0 saturated carbocycles. The Morgan fingerprint density at radius 3 is 2.61 bits per heavy atom. The van der Waals surface area contributed by atoms with Gasteiger partial charge in [0, 0.05) is 30.9 Å². The molecule has 2 aromatic heterocycles. The molecule has 10 heteroatoms. The highest BCUT2D eigenvalue weighted by atomic mass is 32.1. The number of aryl methyl sites for hydroxylation is 1. The smallest absolute Gasteiger partial charge is 0.280 e. The van der Waals surface area contributed by atoms with Gasteiger partial charge in [-0.05, 0) is 61.6 Å². The zero-order chi connectivity index (χ0) is 26.6. The molecule has 0 radical (unpaired) electrons. The molecule has 0 spiro atoms. The summed E-state index contributed by atoms with van der Waals surface area (Å²) in [6.45, 7) is 2.32. The van der Waals surface area contributed by atoms with E-state index in [1.54, 1.807) is 36.5 Å². The maximum absolute atomic E-state index is 12.7. The number of pyridine rings is 1. The molecule has 2 N–H and O–H groups in total. The Balaban J connectivity index is 1.42. The Labute approximate surface area is 224 Å². The molecule has 38 heavy (non-hydrogen) atoms. The lowest BCUT2D eigenvalue weighted by atomic mass is 10.0. The van der Waals surface area contributed by atoms with Gasteiger partial charge >= 0.3 is 0 Å². The Kier molecular flexibility index (Phi) is 7.14. The van der Waals surface area contributed by atoms with Gasteiger partial charge in [-0.2, -0.15) is 0 Å². The molecular formula is C28H25N5O4S. The summed E-state index contributed by atoms with van der Waals surface area (Å²) in [6, 6.07) is 22.4. The van der Waals surface area contributed by atoms with Crippen molar-refractivity contribution in [3.8, 4) is 11.3 Å². The quantitative estimate of drug-likeness (QED) is 0.174. The number of furan rings is 1. The van der Waals surface area contributed by atoms with Crippen LogP contribution < -0.4 is 10.6 Å². The van der Waals surface area contributed by atoms with Crippen molar-refractivity contribution < 1.29 is 14.1 Å². The van der Waals surface area contributed by atoms with Gasteiger partial charge in [0.2, 0.25) is 5.91 Å². The van der Waals surface area contributed by atoms with E-state index >= 15 is 0 Å². The predicted molar refractivity (Wildman–Crippen MR) is 147 cm³/mol. The number of hydrogen-bond acceptors (Lipinski definition) is 6. The average molecular weight is 528 g/mol. The maximum Gasteiger partial charge on any atom is 0.280 e. The number of thiocarbonyl (C=S) groups is 1. The third-order valence-corrected chi connectivity index (χ3v) is 6.75. The largest absolute Gasteiger partial charge is 0.459 e. The number of anilines is 1. The van der Waals surface area contributed by atoms with E-state index in [9.17, 15) is 14.9 Å². The Morgan fingerprint density at radius 1 is 1.11 bits per heavy atom. The summed E-state index contributed by atoms with van der Waals surface area (Å²) in [6.07, 6.45) is 1.90. The fraction of sp³-hybridized carbons (Fsp3) is 0.179. The highest BCUT2D eigenvalue weighted by molar-refractivity contribution is 7.80. The van der Waals surface area contributed by atoms with Gasteiger partial charge in [-0.25, -0.2) is 0 Å². The van der Waals surface area contributed by atoms with Crippen LogP contribution in [0.25, 0.3) is 11.3 Å². The van der Waals surface area contributed by atoms with E-state index in [2.05, 4.69) is 15.6 Å². The molecule has 2 atom stereocenters. The molecule has 0 aliphatic carbocycles. The molecule has 192 valence electrons. The first-order valence-electron chi connectivity index (χ1n) is 12.1. The molecule has 1 aliphatic heterocycles. The zero-order valence-corrected chi connectivity index (χ0v) is 21.4. The van der Waals surface area contributed by atoms with Gasteiger partial charge in [-0.3, -0.25) is 19.9 Å². The monoisotopic (exact) mass is 527 g/mol. The van der Waals surface area contributed by atoms with E-state index in [1.165, 1.54) is 6.07 Å². The lowest BCUT2D eigenvalue weighted by Gasteiger charge is -2.25. The van der Waals surface area contributed by atoms with Crippen LogP contribution in [0.4, 0.5) is 11.4 Å². The number of nitro groups is 1. The van der Waals surface area contributed by atoms with Gasteiger partial charge in [0.05, 0.1) is 22.2 Å². The number of carbonyl (C=O) groups is 1. The first-order chi connectivity index (χ1) is 18.4. The highest BCUT2D eigenvalue weighted by Gasteiger charge is 2.41. The van der Waals surface area contributed by atoms with Crippen LogP contribution in [-0.4, -0.2) is 32.4 Å². The molecule has 3 heterocycles. The lowest BCUT2D eigenvalue weighted by molar-refractivity contribution is -0.384. The van der Waals surface area contributed by atoms with Crippen LogP contribution >= 0.6 is 12.2 Å². The van der Waals surface area contributed by atoms with Crippen molar-refractivity contribution in [3.63, 3.8) is 0 Å². The summed E-state index contributed by atoms with van der Waals surface area (Å²) in [5.41, 5.74) is 2.94. The third-order valence-electron chi connectivity index (χ3n) is 6.40. The lowest BCUT2D eigenvalue weighted by Crippen LogP contribution is -2.32. The summed E-state index contributed by atoms with van der Waals surface area (Å²) in [5, 5.41) is 18.3. The van der Waals surface area contributed by atoms with E-state index in [4.69, 9.17) is 16.6 Å². The van der Waals surface area contributed by atoms with Crippen LogP contribution in [0, 0.1) is 17.0 Å². The van der Waals surface area contributed by atoms with Crippen molar-refractivity contribution in [3.05, 3.63) is 112 Å². The van der Waals surface area contributed by atoms with E-state index in [0.29, 0.717) is 28.7 Å². The number of rotatable bonds is 8. The Hall–Kier alpha value is -4.57. The van der Waals surface area contributed by atoms with Crippen molar-refractivity contribution in [2.75, 3.05) is 11.9 Å². The molecule has 9 nitrogen and oxygen atoms in total. The molecule has 1 saturated heterocycles. The number of para-hydroxylation sites is 1. The summed E-state index contributed by atoms with van der Waals surface area (Å²) in [5.74, 6) is 0.791. The van der Waals surface area contributed by atoms with Crippen molar-refractivity contribution in [2.45, 2.75) is 25.4 Å². The van der Waals surface area contributed by atoms with Crippen molar-refractivity contribution in [1.82, 2.24) is 15.2 Å². The number of carbonyl (C=O) groups excluding carboxylic acids is 1. The SMILES string of the molecule is Cc1ccc(NC(=O)CCN2C(=S)N[C@H](c3ccccn3)[C@H]2c2ccc(-c3ccccc3[N+](=O)[O-])o2)cc1. The van der Waals surface area contributed by atoms with Gasteiger partial charge in [0.25, 0.3) is 5.69 Å². The van der Waals surface area contributed by atoms with Crippen LogP contribution in [-0.2, 0) is 4.79 Å². The van der Waals surface area contributed by atoms with E-state index in [1.807, 2.05) is 54.3 Å². The Morgan fingerprint density at radius 2 is 1.87 bits per heavy atom. The van der Waals surface area contributed by atoms with Crippen LogP contribution in [0.1, 0.15) is 35.5 Å². The summed E-state index contributed by atoms with van der Waals surface area (Å²) < 4.78 is 6.21. The second kappa shape index (κ2) is 10.8. The summed E-state index contributed by atoms with van der Waals surface area (Å²) >= 11 is 5.67. The van der Waals surface area contributed by atoms with Crippen molar-refractivity contribution in [2.24, 2.45) is 0 Å². The fourth-order valence-electron chi connectivity index (χ4n) is 4.54. The van der Waals surface area contributed by atoms with Gasteiger partial charge in [-0.15, -0.1) is 0 Å². The molecule has 5 rings (SSSR count).